The van der Waals surface area contributed by atoms with Crippen LogP contribution in [0.15, 0.2) is 64.0 Å². The molecule has 0 aliphatic carbocycles. The van der Waals surface area contributed by atoms with Crippen molar-refractivity contribution in [3.63, 3.8) is 0 Å². The zero-order valence-electron chi connectivity index (χ0n) is 25.5. The van der Waals surface area contributed by atoms with Crippen molar-refractivity contribution in [2.24, 2.45) is 0 Å². The van der Waals surface area contributed by atoms with Crippen LogP contribution in [-0.4, -0.2) is 45.5 Å². The van der Waals surface area contributed by atoms with E-state index < -0.39 is 51.1 Å². The molecule has 9 nitrogen and oxygen atoms in total. The number of sulfonamides is 1. The summed E-state index contributed by atoms with van der Waals surface area (Å²) in [5.41, 5.74) is -0.950. The molecule has 4 heterocycles. The van der Waals surface area contributed by atoms with Crippen LogP contribution < -0.4 is 5.32 Å². The van der Waals surface area contributed by atoms with Crippen molar-refractivity contribution in [3.8, 4) is 11.3 Å². The summed E-state index contributed by atoms with van der Waals surface area (Å²) in [5, 5.41) is 17.6. The van der Waals surface area contributed by atoms with E-state index in [-0.39, 0.29) is 45.7 Å². The van der Waals surface area contributed by atoms with Gasteiger partial charge in [-0.1, -0.05) is 53.2 Å². The fraction of sp³-hybridized carbons (Fsp3) is 0.333. The standard InChI is InChI=1S/C33H32ClF3N4O5S/c1-19-12-13-22(18-33(2,43)27-17-26(46-39-27)20-9-5-3-6-10-20)41(19)47(44,45)31-25-11-7-4-8-14-40(25)30(28(31)34)32(42)38-21-15-23(35)29(37)24(36)16-21/h3,5-7,9-11,15-17,19,22,43H,4,8,12-14,18H2,1-2H3,(H,38,42). The van der Waals surface area contributed by atoms with Crippen LogP contribution in [0.1, 0.15) is 67.8 Å². The number of amides is 1. The summed E-state index contributed by atoms with van der Waals surface area (Å²) in [5.74, 6) is -5.16. The fourth-order valence-corrected chi connectivity index (χ4v) is 9.14. The Hall–Kier alpha value is -3.91. The molecular weight excluding hydrogens is 657 g/mol. The van der Waals surface area contributed by atoms with Crippen molar-refractivity contribution in [2.75, 3.05) is 5.32 Å². The maximum Gasteiger partial charge on any atom is 0.273 e. The summed E-state index contributed by atoms with van der Waals surface area (Å²) in [6, 6.07) is 11.0. The second-order valence-corrected chi connectivity index (χ2v) is 14.3. The lowest BCUT2D eigenvalue weighted by atomic mass is 9.92. The van der Waals surface area contributed by atoms with Gasteiger partial charge in [-0.2, -0.15) is 4.31 Å². The number of carbonyl (C=O) groups is 1. The maximum atomic E-state index is 14.6. The highest BCUT2D eigenvalue weighted by atomic mass is 35.5. The molecule has 1 amide bonds. The summed E-state index contributed by atoms with van der Waals surface area (Å²) in [6.45, 7) is 3.55. The van der Waals surface area contributed by atoms with E-state index in [0.29, 0.717) is 43.6 Å². The van der Waals surface area contributed by atoms with Gasteiger partial charge in [0.1, 0.15) is 21.9 Å². The molecular formula is C33H32ClF3N4O5S. The molecule has 3 atom stereocenters. The number of carbonyl (C=O) groups excluding carboxylic acids is 1. The Labute approximate surface area is 274 Å². The minimum Gasteiger partial charge on any atom is -0.384 e. The van der Waals surface area contributed by atoms with Gasteiger partial charge >= 0.3 is 0 Å². The van der Waals surface area contributed by atoms with Crippen LogP contribution >= 0.6 is 11.6 Å². The SMILES string of the molecule is CC1CCC(CC(C)(O)c2cc(-c3ccccc3)on2)N1S(=O)(=O)c1c(Cl)c(C(=O)Nc2cc(F)c(F)c(F)c2)n2c1C=CCCC2. The van der Waals surface area contributed by atoms with Crippen molar-refractivity contribution < 1.29 is 36.0 Å². The van der Waals surface area contributed by atoms with Gasteiger partial charge in [0.2, 0.25) is 10.0 Å². The molecule has 0 saturated carbocycles. The van der Waals surface area contributed by atoms with Crippen LogP contribution in [0.4, 0.5) is 18.9 Å². The molecule has 2 aliphatic heterocycles. The Morgan fingerprint density at radius 1 is 1.15 bits per heavy atom. The van der Waals surface area contributed by atoms with Crippen LogP contribution in [0.3, 0.4) is 0 Å². The first kappa shape index (κ1) is 33.0. The molecule has 4 aromatic rings. The van der Waals surface area contributed by atoms with Crippen molar-refractivity contribution >= 4 is 39.3 Å². The van der Waals surface area contributed by atoms with Crippen molar-refractivity contribution in [1.29, 1.82) is 0 Å². The molecule has 47 heavy (non-hydrogen) atoms. The highest BCUT2D eigenvalue weighted by molar-refractivity contribution is 7.89. The van der Waals surface area contributed by atoms with Crippen LogP contribution in [0.2, 0.25) is 5.02 Å². The Balaban J connectivity index is 1.35. The number of fused-ring (bicyclic) bond motifs is 1. The molecule has 2 aromatic heterocycles. The number of hydrogen-bond acceptors (Lipinski definition) is 6. The topological polar surface area (TPSA) is 118 Å². The average Bonchev–Trinajstić information content (AvgIpc) is 3.68. The maximum absolute atomic E-state index is 14.6. The van der Waals surface area contributed by atoms with Gasteiger partial charge < -0.3 is 19.5 Å². The summed E-state index contributed by atoms with van der Waals surface area (Å²) in [7, 11) is -4.40. The number of halogens is 4. The number of rotatable bonds is 8. The normalized spacial score (nSPS) is 19.7. The molecule has 2 aromatic carbocycles. The van der Waals surface area contributed by atoms with Crippen LogP contribution in [0.25, 0.3) is 17.4 Å². The molecule has 6 rings (SSSR count). The highest BCUT2D eigenvalue weighted by Gasteiger charge is 2.46. The summed E-state index contributed by atoms with van der Waals surface area (Å²) in [4.78, 5) is 13.2. The highest BCUT2D eigenvalue weighted by Crippen LogP contribution is 2.43. The monoisotopic (exact) mass is 688 g/mol. The molecule has 14 heteroatoms. The van der Waals surface area contributed by atoms with Crippen LogP contribution in [0, 0.1) is 17.5 Å². The first-order chi connectivity index (χ1) is 22.3. The third kappa shape index (κ3) is 6.13. The van der Waals surface area contributed by atoms with Crippen LogP contribution in [-0.2, 0) is 22.2 Å². The first-order valence-corrected chi connectivity index (χ1v) is 16.9. The Morgan fingerprint density at radius 2 is 1.85 bits per heavy atom. The van der Waals surface area contributed by atoms with E-state index in [4.69, 9.17) is 16.1 Å². The summed E-state index contributed by atoms with van der Waals surface area (Å²) in [6.07, 6.45) is 5.48. The minimum atomic E-state index is -4.40. The largest absolute Gasteiger partial charge is 0.384 e. The van der Waals surface area contributed by atoms with Gasteiger partial charge in [-0.05, 0) is 52.0 Å². The van der Waals surface area contributed by atoms with Crippen molar-refractivity contribution in [1.82, 2.24) is 14.0 Å². The zero-order valence-corrected chi connectivity index (χ0v) is 27.1. The average molecular weight is 689 g/mol. The zero-order chi connectivity index (χ0) is 33.7. The second-order valence-electron chi connectivity index (χ2n) is 12.1. The summed E-state index contributed by atoms with van der Waals surface area (Å²) < 4.78 is 78.8. The predicted molar refractivity (Wildman–Crippen MR) is 170 cm³/mol. The predicted octanol–water partition coefficient (Wildman–Crippen LogP) is 7.11. The van der Waals surface area contributed by atoms with Crippen LogP contribution in [0.5, 0.6) is 0 Å². The quantitative estimate of drug-likeness (QED) is 0.191. The molecule has 0 spiro atoms. The molecule has 0 radical (unpaired) electrons. The lowest BCUT2D eigenvalue weighted by molar-refractivity contribution is 0.0229. The van der Waals surface area contributed by atoms with Crippen molar-refractivity contribution in [2.45, 2.75) is 75.1 Å². The van der Waals surface area contributed by atoms with E-state index >= 15 is 0 Å². The van der Waals surface area contributed by atoms with E-state index in [1.807, 2.05) is 30.3 Å². The Morgan fingerprint density at radius 3 is 2.55 bits per heavy atom. The van der Waals surface area contributed by atoms with E-state index in [1.54, 1.807) is 32.1 Å². The number of aromatic nitrogens is 2. The van der Waals surface area contributed by atoms with Gasteiger partial charge in [0.25, 0.3) is 5.91 Å². The minimum absolute atomic E-state index is 0.00410. The Kier molecular flexibility index (Phi) is 8.85. The third-order valence-electron chi connectivity index (χ3n) is 8.69. The lowest BCUT2D eigenvalue weighted by Gasteiger charge is -2.32. The van der Waals surface area contributed by atoms with Gasteiger partial charge in [0, 0.05) is 48.1 Å². The van der Waals surface area contributed by atoms with Gasteiger partial charge in [-0.15, -0.1) is 0 Å². The number of aliphatic hydroxyl groups is 1. The lowest BCUT2D eigenvalue weighted by Crippen LogP contribution is -2.43. The van der Waals surface area contributed by atoms with E-state index in [2.05, 4.69) is 10.5 Å². The molecule has 2 N–H and O–H groups in total. The first-order valence-electron chi connectivity index (χ1n) is 15.1. The molecule has 248 valence electrons. The smallest absolute Gasteiger partial charge is 0.273 e. The van der Waals surface area contributed by atoms with Gasteiger partial charge in [0.05, 0.1) is 10.7 Å². The number of anilines is 1. The molecule has 3 unspecified atom stereocenters. The molecule has 0 bridgehead atoms. The molecule has 1 fully saturated rings. The third-order valence-corrected chi connectivity index (χ3v) is 11.3. The van der Waals surface area contributed by atoms with Crippen molar-refractivity contribution in [3.05, 3.63) is 94.2 Å². The number of nitrogens with one attached hydrogen (secondary N) is 1. The number of allylic oxidation sites excluding steroid dienone is 1. The van der Waals surface area contributed by atoms with Gasteiger partial charge in [-0.3, -0.25) is 4.79 Å². The summed E-state index contributed by atoms with van der Waals surface area (Å²) >= 11 is 6.77. The molecule has 1 saturated heterocycles. The van der Waals surface area contributed by atoms with Gasteiger partial charge in [-0.25, -0.2) is 21.6 Å². The number of benzene rings is 2. The van der Waals surface area contributed by atoms with E-state index in [1.165, 1.54) is 8.87 Å². The fourth-order valence-electron chi connectivity index (χ4n) is 6.44. The second kappa shape index (κ2) is 12.6. The van der Waals surface area contributed by atoms with E-state index in [9.17, 15) is 31.5 Å². The number of nitrogens with zero attached hydrogens (tertiary/aromatic N) is 3. The Bertz CT molecular complexity index is 1950. The van der Waals surface area contributed by atoms with Gasteiger partial charge in [0.15, 0.2) is 23.2 Å². The van der Waals surface area contributed by atoms with E-state index in [0.717, 1.165) is 5.56 Å². The molecule has 2 aliphatic rings. The number of hydrogen-bond donors (Lipinski definition) is 2.